The van der Waals surface area contributed by atoms with E-state index < -0.39 is 0 Å². The van der Waals surface area contributed by atoms with Crippen molar-refractivity contribution in [3.05, 3.63) is 65.2 Å². The second kappa shape index (κ2) is 5.08. The lowest BCUT2D eigenvalue weighted by Gasteiger charge is -2.31. The fourth-order valence-corrected chi connectivity index (χ4v) is 3.06. The SMILES string of the molecule is Cc1ccc(CC2CC(C)Nc3ccccc32)cc1. The van der Waals surface area contributed by atoms with Gasteiger partial charge in [-0.25, -0.2) is 0 Å². The van der Waals surface area contributed by atoms with Crippen molar-refractivity contribution < 1.29 is 0 Å². The number of hydrogen-bond acceptors (Lipinski definition) is 1. The van der Waals surface area contributed by atoms with Gasteiger partial charge in [-0.1, -0.05) is 48.0 Å². The summed E-state index contributed by atoms with van der Waals surface area (Å²) >= 11 is 0. The monoisotopic (exact) mass is 251 g/mol. The van der Waals surface area contributed by atoms with E-state index in [1.54, 1.807) is 0 Å². The van der Waals surface area contributed by atoms with Crippen molar-refractivity contribution in [2.75, 3.05) is 5.32 Å². The largest absolute Gasteiger partial charge is 0.382 e. The number of anilines is 1. The fourth-order valence-electron chi connectivity index (χ4n) is 3.06. The summed E-state index contributed by atoms with van der Waals surface area (Å²) in [4.78, 5) is 0. The average molecular weight is 251 g/mol. The Bertz CT molecular complexity index is 556. The molecule has 1 aliphatic heterocycles. The van der Waals surface area contributed by atoms with Crippen molar-refractivity contribution in [3.63, 3.8) is 0 Å². The van der Waals surface area contributed by atoms with E-state index in [0.717, 1.165) is 6.42 Å². The van der Waals surface area contributed by atoms with Crippen LogP contribution in [0.2, 0.25) is 0 Å². The summed E-state index contributed by atoms with van der Waals surface area (Å²) < 4.78 is 0. The molecule has 2 atom stereocenters. The lowest BCUT2D eigenvalue weighted by molar-refractivity contribution is 0.551. The molecule has 19 heavy (non-hydrogen) atoms. The number of fused-ring (bicyclic) bond motifs is 1. The lowest BCUT2D eigenvalue weighted by atomic mass is 9.83. The Hall–Kier alpha value is -1.76. The molecule has 0 radical (unpaired) electrons. The van der Waals surface area contributed by atoms with E-state index in [0.29, 0.717) is 12.0 Å². The van der Waals surface area contributed by atoms with Gasteiger partial charge < -0.3 is 5.32 Å². The van der Waals surface area contributed by atoms with E-state index in [1.807, 2.05) is 0 Å². The molecule has 0 bridgehead atoms. The van der Waals surface area contributed by atoms with Gasteiger partial charge in [0.1, 0.15) is 0 Å². The number of aryl methyl sites for hydroxylation is 1. The molecule has 1 heterocycles. The van der Waals surface area contributed by atoms with Gasteiger partial charge in [-0.05, 0) is 49.8 Å². The number of rotatable bonds is 2. The third-order valence-electron chi connectivity index (χ3n) is 4.04. The molecular weight excluding hydrogens is 230 g/mol. The molecule has 1 heteroatoms. The Kier molecular flexibility index (Phi) is 3.29. The molecule has 1 aliphatic rings. The van der Waals surface area contributed by atoms with Crippen molar-refractivity contribution in [3.8, 4) is 0 Å². The number of nitrogens with one attached hydrogen (secondary N) is 1. The first-order chi connectivity index (χ1) is 9.22. The third-order valence-corrected chi connectivity index (χ3v) is 4.04. The third kappa shape index (κ3) is 2.65. The molecule has 0 saturated carbocycles. The highest BCUT2D eigenvalue weighted by Gasteiger charge is 2.23. The Morgan fingerprint density at radius 2 is 1.79 bits per heavy atom. The zero-order valence-electron chi connectivity index (χ0n) is 11.7. The standard InChI is InChI=1S/C18H21N/c1-13-7-9-15(10-8-13)12-16-11-14(2)19-18-6-4-3-5-17(16)18/h3-10,14,16,19H,11-12H2,1-2H3. The summed E-state index contributed by atoms with van der Waals surface area (Å²) in [6.07, 6.45) is 2.36. The smallest absolute Gasteiger partial charge is 0.0377 e. The molecule has 0 aromatic heterocycles. The van der Waals surface area contributed by atoms with Gasteiger partial charge in [-0.15, -0.1) is 0 Å². The maximum absolute atomic E-state index is 3.58. The van der Waals surface area contributed by atoms with E-state index in [4.69, 9.17) is 0 Å². The van der Waals surface area contributed by atoms with Gasteiger partial charge in [0.15, 0.2) is 0 Å². The van der Waals surface area contributed by atoms with E-state index in [-0.39, 0.29) is 0 Å². The van der Waals surface area contributed by atoms with E-state index >= 15 is 0 Å². The van der Waals surface area contributed by atoms with E-state index in [1.165, 1.54) is 28.8 Å². The van der Waals surface area contributed by atoms with Gasteiger partial charge in [-0.3, -0.25) is 0 Å². The van der Waals surface area contributed by atoms with Gasteiger partial charge in [0.2, 0.25) is 0 Å². The minimum Gasteiger partial charge on any atom is -0.382 e. The molecule has 0 amide bonds. The molecule has 0 spiro atoms. The van der Waals surface area contributed by atoms with Crippen LogP contribution in [-0.2, 0) is 6.42 Å². The molecule has 2 aromatic carbocycles. The zero-order valence-corrected chi connectivity index (χ0v) is 11.7. The topological polar surface area (TPSA) is 12.0 Å². The molecule has 2 aromatic rings. The number of hydrogen-bond donors (Lipinski definition) is 1. The van der Waals surface area contributed by atoms with Crippen LogP contribution in [0.5, 0.6) is 0 Å². The van der Waals surface area contributed by atoms with Crippen LogP contribution in [0, 0.1) is 6.92 Å². The van der Waals surface area contributed by atoms with Gasteiger partial charge in [0.05, 0.1) is 0 Å². The van der Waals surface area contributed by atoms with Gasteiger partial charge >= 0.3 is 0 Å². The Balaban J connectivity index is 1.86. The molecule has 0 fully saturated rings. The number of benzene rings is 2. The van der Waals surface area contributed by atoms with Crippen molar-refractivity contribution in [1.82, 2.24) is 0 Å². The molecule has 3 rings (SSSR count). The Labute approximate surface area is 115 Å². The molecule has 0 aliphatic carbocycles. The van der Waals surface area contributed by atoms with Gasteiger partial charge in [-0.2, -0.15) is 0 Å². The van der Waals surface area contributed by atoms with Crippen LogP contribution in [0.4, 0.5) is 5.69 Å². The average Bonchev–Trinajstić information content (AvgIpc) is 2.41. The summed E-state index contributed by atoms with van der Waals surface area (Å²) in [5, 5.41) is 3.58. The zero-order chi connectivity index (χ0) is 13.2. The first kappa shape index (κ1) is 12.3. The highest BCUT2D eigenvalue weighted by molar-refractivity contribution is 5.55. The van der Waals surface area contributed by atoms with Crippen molar-refractivity contribution in [1.29, 1.82) is 0 Å². The minimum atomic E-state index is 0.561. The summed E-state index contributed by atoms with van der Waals surface area (Å²) in [6, 6.07) is 18.3. The van der Waals surface area contributed by atoms with Crippen molar-refractivity contribution in [2.24, 2.45) is 0 Å². The normalized spacial score (nSPS) is 21.6. The summed E-state index contributed by atoms with van der Waals surface area (Å²) in [5.74, 6) is 0.634. The van der Waals surface area contributed by atoms with Crippen molar-refractivity contribution in [2.45, 2.75) is 38.6 Å². The van der Waals surface area contributed by atoms with Crippen LogP contribution in [0.25, 0.3) is 0 Å². The van der Waals surface area contributed by atoms with E-state index in [2.05, 4.69) is 67.7 Å². The quantitative estimate of drug-likeness (QED) is 0.827. The van der Waals surface area contributed by atoms with Crippen LogP contribution < -0.4 is 5.32 Å². The summed E-state index contributed by atoms with van der Waals surface area (Å²) in [7, 11) is 0. The molecule has 0 saturated heterocycles. The van der Waals surface area contributed by atoms with Crippen LogP contribution in [0.15, 0.2) is 48.5 Å². The van der Waals surface area contributed by atoms with Crippen LogP contribution >= 0.6 is 0 Å². The Morgan fingerprint density at radius 3 is 2.58 bits per heavy atom. The van der Waals surface area contributed by atoms with E-state index in [9.17, 15) is 0 Å². The van der Waals surface area contributed by atoms with Crippen LogP contribution in [0.3, 0.4) is 0 Å². The second-order valence-electron chi connectivity index (χ2n) is 5.75. The predicted octanol–water partition coefficient (Wildman–Crippen LogP) is 4.53. The maximum Gasteiger partial charge on any atom is 0.0377 e. The highest BCUT2D eigenvalue weighted by Crippen LogP contribution is 2.36. The molecule has 1 nitrogen and oxygen atoms in total. The fraction of sp³-hybridized carbons (Fsp3) is 0.333. The predicted molar refractivity (Wildman–Crippen MR) is 81.8 cm³/mol. The van der Waals surface area contributed by atoms with Crippen LogP contribution in [-0.4, -0.2) is 6.04 Å². The molecule has 1 N–H and O–H groups in total. The second-order valence-corrected chi connectivity index (χ2v) is 5.75. The van der Waals surface area contributed by atoms with Crippen molar-refractivity contribution >= 4 is 5.69 Å². The summed E-state index contributed by atoms with van der Waals surface area (Å²) in [5.41, 5.74) is 5.57. The van der Waals surface area contributed by atoms with Crippen LogP contribution in [0.1, 0.15) is 36.0 Å². The van der Waals surface area contributed by atoms with Gasteiger partial charge in [0, 0.05) is 11.7 Å². The lowest BCUT2D eigenvalue weighted by Crippen LogP contribution is -2.26. The first-order valence-corrected chi connectivity index (χ1v) is 7.13. The maximum atomic E-state index is 3.58. The minimum absolute atomic E-state index is 0.561. The Morgan fingerprint density at radius 1 is 1.05 bits per heavy atom. The highest BCUT2D eigenvalue weighted by atomic mass is 14.9. The summed E-state index contributed by atoms with van der Waals surface area (Å²) in [6.45, 7) is 4.42. The molecule has 98 valence electrons. The molecule has 2 unspecified atom stereocenters. The van der Waals surface area contributed by atoms with Gasteiger partial charge in [0.25, 0.3) is 0 Å². The number of para-hydroxylation sites is 1. The molecular formula is C18H21N. The first-order valence-electron chi connectivity index (χ1n) is 7.13.